The number of aliphatic hydroxyl groups excluding tert-OH is 1. The molecular weight excluding hydrogens is 272 g/mol. The Balaban J connectivity index is 2.30. The Bertz CT molecular complexity index is 439. The number of hydrogen-bond acceptors (Lipinski definition) is 2. The molecule has 2 aliphatic carbocycles. The molecule has 1 saturated carbocycles. The molecule has 1 fully saturated rings. The standard InChI is InChI=1S/C20H36O2/c1-7-18(4,22)10-11-20(6)14(2)8-9-19(5)15(3)12-16(21)13-17(19)20/h12,14,16-17,21-22H,7-11,13H2,1-6H3. The molecule has 0 radical (unpaired) electrons. The molecular formula is C20H36O2. The van der Waals surface area contributed by atoms with Crippen molar-refractivity contribution in [2.24, 2.45) is 22.7 Å². The summed E-state index contributed by atoms with van der Waals surface area (Å²) in [7, 11) is 0. The predicted molar refractivity (Wildman–Crippen MR) is 92.6 cm³/mol. The van der Waals surface area contributed by atoms with E-state index in [-0.39, 0.29) is 16.9 Å². The molecule has 2 rings (SSSR count). The molecule has 0 aromatic rings. The zero-order chi connectivity index (χ0) is 16.8. The summed E-state index contributed by atoms with van der Waals surface area (Å²) in [5.41, 5.74) is 1.23. The second-order valence-corrected chi connectivity index (χ2v) is 8.92. The van der Waals surface area contributed by atoms with Crippen molar-refractivity contribution in [3.63, 3.8) is 0 Å². The molecule has 0 aliphatic heterocycles. The number of fused-ring (bicyclic) bond motifs is 1. The van der Waals surface area contributed by atoms with E-state index in [9.17, 15) is 10.2 Å². The maximum absolute atomic E-state index is 10.5. The summed E-state index contributed by atoms with van der Waals surface area (Å²) in [4.78, 5) is 0. The van der Waals surface area contributed by atoms with Crippen LogP contribution >= 0.6 is 0 Å². The number of allylic oxidation sites excluding steroid dienone is 1. The van der Waals surface area contributed by atoms with Gasteiger partial charge in [-0.2, -0.15) is 0 Å². The molecule has 2 heteroatoms. The highest BCUT2D eigenvalue weighted by Crippen LogP contribution is 2.62. The maximum Gasteiger partial charge on any atom is 0.0726 e. The van der Waals surface area contributed by atoms with Crippen molar-refractivity contribution in [1.29, 1.82) is 0 Å². The fourth-order valence-corrected chi connectivity index (χ4v) is 5.02. The van der Waals surface area contributed by atoms with Gasteiger partial charge in [0.25, 0.3) is 0 Å². The second kappa shape index (κ2) is 5.94. The lowest BCUT2D eigenvalue weighted by Gasteiger charge is -2.59. The minimum Gasteiger partial charge on any atom is -0.390 e. The first-order chi connectivity index (χ1) is 10.0. The summed E-state index contributed by atoms with van der Waals surface area (Å²) < 4.78 is 0. The molecule has 128 valence electrons. The summed E-state index contributed by atoms with van der Waals surface area (Å²) in [6, 6.07) is 0. The molecule has 6 unspecified atom stereocenters. The Hall–Kier alpha value is -0.340. The van der Waals surface area contributed by atoms with Gasteiger partial charge in [0.05, 0.1) is 11.7 Å². The number of rotatable bonds is 4. The van der Waals surface area contributed by atoms with Crippen LogP contribution in [0, 0.1) is 22.7 Å². The lowest BCUT2D eigenvalue weighted by atomic mass is 9.46. The van der Waals surface area contributed by atoms with Gasteiger partial charge in [-0.3, -0.25) is 0 Å². The molecule has 22 heavy (non-hydrogen) atoms. The van der Waals surface area contributed by atoms with Gasteiger partial charge in [-0.15, -0.1) is 0 Å². The Morgan fingerprint density at radius 2 is 2.00 bits per heavy atom. The molecule has 0 spiro atoms. The summed E-state index contributed by atoms with van der Waals surface area (Å²) in [5.74, 6) is 1.16. The minimum atomic E-state index is -0.561. The molecule has 0 aromatic heterocycles. The first kappa shape index (κ1) is 18.0. The molecule has 2 N–H and O–H groups in total. The Morgan fingerprint density at radius 1 is 1.36 bits per heavy atom. The van der Waals surface area contributed by atoms with Crippen LogP contribution in [0.5, 0.6) is 0 Å². The van der Waals surface area contributed by atoms with Gasteiger partial charge >= 0.3 is 0 Å². The summed E-state index contributed by atoms with van der Waals surface area (Å²) in [5, 5.41) is 20.8. The van der Waals surface area contributed by atoms with Crippen LogP contribution in [0.2, 0.25) is 0 Å². The van der Waals surface area contributed by atoms with Crippen molar-refractivity contribution in [2.75, 3.05) is 0 Å². The first-order valence-electron chi connectivity index (χ1n) is 9.14. The van der Waals surface area contributed by atoms with Gasteiger partial charge in [0, 0.05) is 0 Å². The Morgan fingerprint density at radius 3 is 2.59 bits per heavy atom. The van der Waals surface area contributed by atoms with E-state index in [0.29, 0.717) is 11.8 Å². The van der Waals surface area contributed by atoms with Crippen molar-refractivity contribution in [1.82, 2.24) is 0 Å². The first-order valence-corrected chi connectivity index (χ1v) is 9.14. The van der Waals surface area contributed by atoms with Crippen molar-refractivity contribution >= 4 is 0 Å². The van der Waals surface area contributed by atoms with E-state index in [1.165, 1.54) is 18.4 Å². The maximum atomic E-state index is 10.5. The highest BCUT2D eigenvalue weighted by atomic mass is 16.3. The molecule has 2 aliphatic rings. The van der Waals surface area contributed by atoms with Crippen molar-refractivity contribution in [2.45, 2.75) is 91.8 Å². The Labute approximate surface area is 137 Å². The van der Waals surface area contributed by atoms with E-state index < -0.39 is 5.60 Å². The second-order valence-electron chi connectivity index (χ2n) is 8.92. The van der Waals surface area contributed by atoms with E-state index in [1.807, 2.05) is 6.92 Å². The van der Waals surface area contributed by atoms with Crippen molar-refractivity contribution in [3.05, 3.63) is 11.6 Å². The van der Waals surface area contributed by atoms with Gasteiger partial charge in [0.1, 0.15) is 0 Å². The van der Waals surface area contributed by atoms with Crippen LogP contribution in [0.3, 0.4) is 0 Å². The molecule has 0 bridgehead atoms. The van der Waals surface area contributed by atoms with Crippen LogP contribution in [0.15, 0.2) is 11.6 Å². The van der Waals surface area contributed by atoms with E-state index in [2.05, 4.69) is 40.7 Å². The third kappa shape index (κ3) is 3.01. The van der Waals surface area contributed by atoms with E-state index in [4.69, 9.17) is 0 Å². The quantitative estimate of drug-likeness (QED) is 0.739. The van der Waals surface area contributed by atoms with Crippen molar-refractivity contribution in [3.8, 4) is 0 Å². The molecule has 0 saturated heterocycles. The zero-order valence-corrected chi connectivity index (χ0v) is 15.4. The average molecular weight is 309 g/mol. The fraction of sp³-hybridized carbons (Fsp3) is 0.900. The monoisotopic (exact) mass is 308 g/mol. The SMILES string of the molecule is CCC(C)(O)CCC1(C)C(C)CCC2(C)C(C)=CC(O)CC21. The summed E-state index contributed by atoms with van der Waals surface area (Å²) >= 11 is 0. The van der Waals surface area contributed by atoms with Gasteiger partial charge in [-0.05, 0) is 75.0 Å². The fourth-order valence-electron chi connectivity index (χ4n) is 5.02. The van der Waals surface area contributed by atoms with Crippen LogP contribution in [0.25, 0.3) is 0 Å². The zero-order valence-electron chi connectivity index (χ0n) is 15.4. The lowest BCUT2D eigenvalue weighted by molar-refractivity contribution is -0.0784. The smallest absolute Gasteiger partial charge is 0.0726 e. The van der Waals surface area contributed by atoms with Gasteiger partial charge in [0.2, 0.25) is 0 Å². The lowest BCUT2D eigenvalue weighted by Crippen LogP contribution is -2.52. The number of hydrogen-bond donors (Lipinski definition) is 2. The highest BCUT2D eigenvalue weighted by molar-refractivity contribution is 5.23. The molecule has 0 amide bonds. The van der Waals surface area contributed by atoms with Crippen LogP contribution in [-0.4, -0.2) is 21.9 Å². The van der Waals surface area contributed by atoms with Crippen molar-refractivity contribution < 1.29 is 10.2 Å². The third-order valence-electron chi connectivity index (χ3n) is 7.57. The van der Waals surface area contributed by atoms with Crippen LogP contribution < -0.4 is 0 Å². The normalized spacial score (nSPS) is 44.9. The van der Waals surface area contributed by atoms with Gasteiger partial charge in [-0.25, -0.2) is 0 Å². The topological polar surface area (TPSA) is 40.5 Å². The minimum absolute atomic E-state index is 0.197. The summed E-state index contributed by atoms with van der Waals surface area (Å²) in [6.07, 6.45) is 7.85. The van der Waals surface area contributed by atoms with Gasteiger partial charge < -0.3 is 10.2 Å². The van der Waals surface area contributed by atoms with Gasteiger partial charge in [-0.1, -0.05) is 39.3 Å². The van der Waals surface area contributed by atoms with E-state index >= 15 is 0 Å². The van der Waals surface area contributed by atoms with Crippen LogP contribution in [0.1, 0.15) is 80.1 Å². The Kier molecular flexibility index (Phi) is 4.86. The molecule has 0 heterocycles. The van der Waals surface area contributed by atoms with Crippen LogP contribution in [-0.2, 0) is 0 Å². The highest BCUT2D eigenvalue weighted by Gasteiger charge is 2.54. The van der Waals surface area contributed by atoms with E-state index in [0.717, 1.165) is 25.7 Å². The number of aliphatic hydroxyl groups is 2. The van der Waals surface area contributed by atoms with Gasteiger partial charge in [0.15, 0.2) is 0 Å². The molecule has 6 atom stereocenters. The third-order valence-corrected chi connectivity index (χ3v) is 7.57. The molecule has 2 nitrogen and oxygen atoms in total. The summed E-state index contributed by atoms with van der Waals surface area (Å²) in [6.45, 7) is 13.4. The van der Waals surface area contributed by atoms with E-state index in [1.54, 1.807) is 0 Å². The predicted octanol–water partition coefficient (Wildman–Crippen LogP) is 4.70. The van der Waals surface area contributed by atoms with Crippen LogP contribution in [0.4, 0.5) is 0 Å². The average Bonchev–Trinajstić information content (AvgIpc) is 2.45. The molecule has 0 aromatic carbocycles. The largest absolute Gasteiger partial charge is 0.390 e.